The highest BCUT2D eigenvalue weighted by Crippen LogP contribution is 2.30. The Kier molecular flexibility index (Phi) is 3.43. The van der Waals surface area contributed by atoms with Gasteiger partial charge in [-0.05, 0) is 56.1 Å². The maximum absolute atomic E-state index is 6.11. The Morgan fingerprint density at radius 2 is 1.86 bits per heavy atom. The summed E-state index contributed by atoms with van der Waals surface area (Å²) in [6.07, 6.45) is 3.91. The van der Waals surface area contributed by atoms with Gasteiger partial charge in [0.25, 0.3) is 0 Å². The van der Waals surface area contributed by atoms with Crippen molar-refractivity contribution < 1.29 is 0 Å². The predicted octanol–water partition coefficient (Wildman–Crippen LogP) is 2.96. The van der Waals surface area contributed by atoms with Gasteiger partial charge in [-0.1, -0.05) is 12.1 Å². The van der Waals surface area contributed by atoms with Crippen LogP contribution in [-0.2, 0) is 0 Å². The predicted molar refractivity (Wildman–Crippen MR) is 86.0 cm³/mol. The zero-order chi connectivity index (χ0) is 14.2. The third kappa shape index (κ3) is 2.47. The normalized spacial score (nSPS) is 23.3. The summed E-state index contributed by atoms with van der Waals surface area (Å²) in [5.74, 6) is 0.993. The summed E-state index contributed by atoms with van der Waals surface area (Å²) < 4.78 is 0. The van der Waals surface area contributed by atoms with Crippen LogP contribution >= 0.6 is 11.6 Å². The molecule has 1 atom stereocenters. The number of anilines is 1. The van der Waals surface area contributed by atoms with Gasteiger partial charge < -0.3 is 4.90 Å². The molecule has 1 aromatic heterocycles. The van der Waals surface area contributed by atoms with E-state index in [0.29, 0.717) is 11.3 Å². The first-order valence-corrected chi connectivity index (χ1v) is 8.10. The van der Waals surface area contributed by atoms with E-state index in [1.807, 2.05) is 18.2 Å². The molecule has 0 aliphatic carbocycles. The number of rotatable bonds is 2. The first kappa shape index (κ1) is 13.3. The minimum atomic E-state index is 0.341. The van der Waals surface area contributed by atoms with Crippen molar-refractivity contribution in [2.45, 2.75) is 25.3 Å². The van der Waals surface area contributed by atoms with Gasteiger partial charge in [0.2, 0.25) is 5.28 Å². The standard InChI is InChI=1S/C16H19ClN4/c17-16-18-14-6-2-1-5-13(14)15(19-16)21-10-7-12(11-21)20-8-3-4-9-20/h1-2,5-6,12H,3-4,7-11H2. The van der Waals surface area contributed by atoms with Gasteiger partial charge in [0.05, 0.1) is 5.52 Å². The Balaban J connectivity index is 1.64. The minimum Gasteiger partial charge on any atom is -0.354 e. The molecule has 2 aliphatic heterocycles. The molecular weight excluding hydrogens is 284 g/mol. The number of fused-ring (bicyclic) bond motifs is 1. The maximum atomic E-state index is 6.11. The number of hydrogen-bond donors (Lipinski definition) is 0. The van der Waals surface area contributed by atoms with Crippen LogP contribution < -0.4 is 4.90 Å². The summed E-state index contributed by atoms with van der Waals surface area (Å²) in [6, 6.07) is 8.79. The molecule has 2 aromatic rings. The van der Waals surface area contributed by atoms with E-state index < -0.39 is 0 Å². The van der Waals surface area contributed by atoms with E-state index in [4.69, 9.17) is 11.6 Å². The number of halogens is 1. The van der Waals surface area contributed by atoms with Gasteiger partial charge in [-0.25, -0.2) is 4.98 Å². The first-order chi connectivity index (χ1) is 10.3. The van der Waals surface area contributed by atoms with Crippen molar-refractivity contribution in [1.82, 2.24) is 14.9 Å². The lowest BCUT2D eigenvalue weighted by molar-refractivity contribution is 0.260. The van der Waals surface area contributed by atoms with E-state index in [2.05, 4.69) is 25.8 Å². The van der Waals surface area contributed by atoms with Crippen molar-refractivity contribution >= 4 is 28.3 Å². The third-order valence-corrected chi connectivity index (χ3v) is 4.84. The molecule has 2 fully saturated rings. The van der Waals surface area contributed by atoms with E-state index in [9.17, 15) is 0 Å². The number of likely N-dealkylation sites (tertiary alicyclic amines) is 1. The molecule has 0 bridgehead atoms. The summed E-state index contributed by atoms with van der Waals surface area (Å²) >= 11 is 6.11. The van der Waals surface area contributed by atoms with Crippen molar-refractivity contribution in [3.8, 4) is 0 Å². The molecule has 1 unspecified atom stereocenters. The maximum Gasteiger partial charge on any atom is 0.224 e. The summed E-state index contributed by atoms with van der Waals surface area (Å²) in [4.78, 5) is 13.8. The molecule has 0 N–H and O–H groups in total. The van der Waals surface area contributed by atoms with Crippen LogP contribution in [0.5, 0.6) is 0 Å². The molecule has 21 heavy (non-hydrogen) atoms. The van der Waals surface area contributed by atoms with Crippen molar-refractivity contribution in [3.63, 3.8) is 0 Å². The van der Waals surface area contributed by atoms with Crippen LogP contribution in [0.2, 0.25) is 5.28 Å². The van der Waals surface area contributed by atoms with Crippen LogP contribution in [-0.4, -0.2) is 47.1 Å². The number of nitrogens with zero attached hydrogens (tertiary/aromatic N) is 4. The molecule has 5 heteroatoms. The van der Waals surface area contributed by atoms with Crippen LogP contribution in [0.3, 0.4) is 0 Å². The number of aromatic nitrogens is 2. The summed E-state index contributed by atoms with van der Waals surface area (Å²) in [5, 5.41) is 1.44. The van der Waals surface area contributed by atoms with Gasteiger partial charge in [-0.3, -0.25) is 4.90 Å². The quantitative estimate of drug-likeness (QED) is 0.799. The molecule has 0 spiro atoms. The van der Waals surface area contributed by atoms with Crippen LogP contribution in [0.25, 0.3) is 10.9 Å². The highest BCUT2D eigenvalue weighted by atomic mass is 35.5. The average Bonchev–Trinajstić information content (AvgIpc) is 3.17. The molecule has 2 saturated heterocycles. The highest BCUT2D eigenvalue weighted by molar-refractivity contribution is 6.28. The molecule has 110 valence electrons. The lowest BCUT2D eigenvalue weighted by Crippen LogP contribution is -2.35. The molecule has 0 radical (unpaired) electrons. The van der Waals surface area contributed by atoms with Crippen molar-refractivity contribution in [2.24, 2.45) is 0 Å². The summed E-state index contributed by atoms with van der Waals surface area (Å²) in [6.45, 7) is 4.61. The van der Waals surface area contributed by atoms with Gasteiger partial charge in [0.15, 0.2) is 0 Å². The number of para-hydroxylation sites is 1. The summed E-state index contributed by atoms with van der Waals surface area (Å²) in [7, 11) is 0. The molecule has 4 nitrogen and oxygen atoms in total. The van der Waals surface area contributed by atoms with Gasteiger partial charge >= 0.3 is 0 Å². The molecular formula is C16H19ClN4. The smallest absolute Gasteiger partial charge is 0.224 e. The topological polar surface area (TPSA) is 32.3 Å². The highest BCUT2D eigenvalue weighted by Gasteiger charge is 2.30. The van der Waals surface area contributed by atoms with Crippen LogP contribution in [0.1, 0.15) is 19.3 Å². The SMILES string of the molecule is Clc1nc(N2CCC(N3CCCC3)C2)c2ccccc2n1. The second kappa shape index (κ2) is 5.43. The first-order valence-electron chi connectivity index (χ1n) is 7.72. The Hall–Kier alpha value is -1.39. The van der Waals surface area contributed by atoms with E-state index >= 15 is 0 Å². The van der Waals surface area contributed by atoms with E-state index in [1.54, 1.807) is 0 Å². The second-order valence-electron chi connectivity index (χ2n) is 5.96. The zero-order valence-electron chi connectivity index (χ0n) is 12.0. The molecule has 0 saturated carbocycles. The Morgan fingerprint density at radius 1 is 1.05 bits per heavy atom. The van der Waals surface area contributed by atoms with Crippen molar-refractivity contribution in [1.29, 1.82) is 0 Å². The van der Waals surface area contributed by atoms with Gasteiger partial charge in [-0.2, -0.15) is 4.98 Å². The average molecular weight is 303 g/mol. The number of benzene rings is 1. The molecule has 1 aromatic carbocycles. The Bertz CT molecular complexity index is 654. The fraction of sp³-hybridized carbons (Fsp3) is 0.500. The largest absolute Gasteiger partial charge is 0.354 e. The third-order valence-electron chi connectivity index (χ3n) is 4.68. The second-order valence-corrected chi connectivity index (χ2v) is 6.30. The van der Waals surface area contributed by atoms with Gasteiger partial charge in [-0.15, -0.1) is 0 Å². The van der Waals surface area contributed by atoms with E-state index in [-0.39, 0.29) is 0 Å². The summed E-state index contributed by atoms with van der Waals surface area (Å²) in [5.41, 5.74) is 0.928. The molecule has 3 heterocycles. The minimum absolute atomic E-state index is 0.341. The fourth-order valence-corrected chi connectivity index (χ4v) is 3.78. The van der Waals surface area contributed by atoms with Crippen LogP contribution in [0.4, 0.5) is 5.82 Å². The van der Waals surface area contributed by atoms with E-state index in [0.717, 1.165) is 29.8 Å². The monoisotopic (exact) mass is 302 g/mol. The van der Waals surface area contributed by atoms with Gasteiger partial charge in [0, 0.05) is 24.5 Å². The van der Waals surface area contributed by atoms with Crippen molar-refractivity contribution in [2.75, 3.05) is 31.1 Å². The molecule has 4 rings (SSSR count). The fourth-order valence-electron chi connectivity index (χ4n) is 3.61. The lowest BCUT2D eigenvalue weighted by Gasteiger charge is -2.24. The van der Waals surface area contributed by atoms with Crippen molar-refractivity contribution in [3.05, 3.63) is 29.5 Å². The Labute approximate surface area is 129 Å². The molecule has 0 amide bonds. The van der Waals surface area contributed by atoms with E-state index in [1.165, 1.54) is 32.4 Å². The lowest BCUT2D eigenvalue weighted by atomic mass is 10.2. The zero-order valence-corrected chi connectivity index (χ0v) is 12.8. The number of hydrogen-bond acceptors (Lipinski definition) is 4. The van der Waals surface area contributed by atoms with Crippen LogP contribution in [0, 0.1) is 0 Å². The molecule has 2 aliphatic rings. The van der Waals surface area contributed by atoms with Gasteiger partial charge in [0.1, 0.15) is 5.82 Å². The van der Waals surface area contributed by atoms with Crippen LogP contribution in [0.15, 0.2) is 24.3 Å². The Morgan fingerprint density at radius 3 is 2.71 bits per heavy atom.